The maximum Gasteiger partial charge on any atom is 0.177 e. The zero-order valence-corrected chi connectivity index (χ0v) is 16.9. The molecular weight excluding hydrogens is 344 g/mol. The van der Waals surface area contributed by atoms with Gasteiger partial charge in [-0.25, -0.2) is 0 Å². The third-order valence-electron chi connectivity index (χ3n) is 3.17. The van der Waals surface area contributed by atoms with Crippen molar-refractivity contribution >= 4 is 17.7 Å². The smallest absolute Gasteiger partial charge is 0.177 e. The zero-order valence-electron chi connectivity index (χ0n) is 16.9. The van der Waals surface area contributed by atoms with Crippen molar-refractivity contribution in [3.63, 3.8) is 0 Å². The SMILES string of the molecule is CCC(=O)[C@@](O)(CC(=O)[O-])C[N+](C)(C)C.C[N+](C)(C)C[C@H](O)CC(=O)[O-]. The lowest BCUT2D eigenvalue weighted by Gasteiger charge is -2.34. The van der Waals surface area contributed by atoms with Crippen molar-refractivity contribution < 1.29 is 43.8 Å². The third kappa shape index (κ3) is 14.8. The van der Waals surface area contributed by atoms with E-state index in [2.05, 4.69) is 0 Å². The molecule has 0 spiro atoms. The summed E-state index contributed by atoms with van der Waals surface area (Å²) in [5.41, 5.74) is -1.81. The molecule has 0 heterocycles. The van der Waals surface area contributed by atoms with Crippen molar-refractivity contribution in [2.75, 3.05) is 55.4 Å². The van der Waals surface area contributed by atoms with Crippen LogP contribution in [0.2, 0.25) is 0 Å². The summed E-state index contributed by atoms with van der Waals surface area (Å²) in [5.74, 6) is -3.07. The number of hydrogen-bond acceptors (Lipinski definition) is 7. The summed E-state index contributed by atoms with van der Waals surface area (Å²) in [6.07, 6.45) is -1.62. The number of carboxylic acids is 2. The second kappa shape index (κ2) is 10.6. The van der Waals surface area contributed by atoms with Crippen LogP contribution >= 0.6 is 0 Å². The van der Waals surface area contributed by atoms with E-state index >= 15 is 0 Å². The highest BCUT2D eigenvalue weighted by molar-refractivity contribution is 5.90. The summed E-state index contributed by atoms with van der Waals surface area (Å²) in [6.45, 7) is 2.08. The third-order valence-corrected chi connectivity index (χ3v) is 3.17. The van der Waals surface area contributed by atoms with Crippen molar-refractivity contribution in [2.45, 2.75) is 37.9 Å². The average molecular weight is 378 g/mol. The fourth-order valence-electron chi connectivity index (χ4n) is 2.48. The monoisotopic (exact) mass is 378 g/mol. The molecule has 0 unspecified atom stereocenters. The molecule has 0 aromatic carbocycles. The molecule has 0 amide bonds. The standard InChI is InChI=1S/C10H19NO4.C7H15NO3/c1-5-8(12)10(15,6-9(13)14)7-11(2,3)4;1-8(2,3)5-6(9)4-7(10)11/h15H,5-7H2,1-4H3;6,9H,4-5H2,1-3H3/t10-;6-/m11/s1. The molecule has 0 aliphatic rings. The van der Waals surface area contributed by atoms with Crippen LogP contribution in [0.3, 0.4) is 0 Å². The molecule has 154 valence electrons. The molecule has 0 aliphatic heterocycles. The summed E-state index contributed by atoms with van der Waals surface area (Å²) < 4.78 is 0.865. The first-order valence-corrected chi connectivity index (χ1v) is 8.36. The van der Waals surface area contributed by atoms with Gasteiger partial charge in [-0.3, -0.25) is 4.79 Å². The predicted molar refractivity (Wildman–Crippen MR) is 91.3 cm³/mol. The first-order valence-electron chi connectivity index (χ1n) is 8.36. The van der Waals surface area contributed by atoms with Crippen molar-refractivity contribution in [3.05, 3.63) is 0 Å². The van der Waals surface area contributed by atoms with Gasteiger partial charge in [0.05, 0.1) is 42.3 Å². The van der Waals surface area contributed by atoms with E-state index in [4.69, 9.17) is 5.11 Å². The molecule has 26 heavy (non-hydrogen) atoms. The van der Waals surface area contributed by atoms with E-state index in [0.29, 0.717) is 15.5 Å². The zero-order chi connectivity index (χ0) is 21.3. The van der Waals surface area contributed by atoms with Crippen LogP contribution in [0.4, 0.5) is 0 Å². The van der Waals surface area contributed by atoms with E-state index in [1.54, 1.807) is 28.1 Å². The number of carboxylic acid groups (broad SMARTS) is 2. The van der Waals surface area contributed by atoms with Gasteiger partial charge in [-0.1, -0.05) is 6.92 Å². The lowest BCUT2D eigenvalue weighted by Crippen LogP contribution is -2.55. The van der Waals surface area contributed by atoms with Crippen molar-refractivity contribution in [1.29, 1.82) is 0 Å². The predicted octanol–water partition coefficient (Wildman–Crippen LogP) is -3.26. The van der Waals surface area contributed by atoms with Crippen LogP contribution in [-0.4, -0.2) is 104 Å². The molecular formula is C17H34N2O7. The Labute approximate surface area is 155 Å². The van der Waals surface area contributed by atoms with Gasteiger partial charge in [-0.05, 0) is 0 Å². The molecule has 0 saturated heterocycles. The van der Waals surface area contributed by atoms with Crippen LogP contribution < -0.4 is 10.2 Å². The van der Waals surface area contributed by atoms with Crippen LogP contribution in [0.5, 0.6) is 0 Å². The molecule has 9 nitrogen and oxygen atoms in total. The Bertz CT molecular complexity index is 480. The van der Waals surface area contributed by atoms with Gasteiger partial charge in [-0.15, -0.1) is 0 Å². The fraction of sp³-hybridized carbons (Fsp3) is 0.824. The number of Topliss-reactive ketones (excluding diaryl/α,β-unsaturated/α-hetero) is 1. The number of carbonyl (C=O) groups excluding carboxylic acids is 3. The van der Waals surface area contributed by atoms with Gasteiger partial charge < -0.3 is 39.0 Å². The molecule has 0 rings (SSSR count). The minimum absolute atomic E-state index is 0.0631. The number of aliphatic hydroxyl groups is 2. The number of carbonyl (C=O) groups is 3. The van der Waals surface area contributed by atoms with Crippen molar-refractivity contribution in [1.82, 2.24) is 0 Å². The van der Waals surface area contributed by atoms with E-state index < -0.39 is 35.8 Å². The number of hydrogen-bond donors (Lipinski definition) is 2. The van der Waals surface area contributed by atoms with Gasteiger partial charge in [0.1, 0.15) is 19.2 Å². The van der Waals surface area contributed by atoms with E-state index in [1.807, 2.05) is 21.1 Å². The molecule has 0 fully saturated rings. The average Bonchev–Trinajstić information content (AvgIpc) is 2.31. The fourth-order valence-corrected chi connectivity index (χ4v) is 2.48. The number of ketones is 1. The van der Waals surface area contributed by atoms with Gasteiger partial charge in [0.15, 0.2) is 11.4 Å². The first kappa shape index (κ1) is 26.7. The Morgan fingerprint density at radius 3 is 1.69 bits per heavy atom. The van der Waals surface area contributed by atoms with E-state index in [9.17, 15) is 29.7 Å². The van der Waals surface area contributed by atoms with Gasteiger partial charge >= 0.3 is 0 Å². The van der Waals surface area contributed by atoms with Crippen LogP contribution in [0, 0.1) is 0 Å². The maximum atomic E-state index is 11.5. The summed E-state index contributed by atoms with van der Waals surface area (Å²) >= 11 is 0. The quantitative estimate of drug-likeness (QED) is 0.381. The highest BCUT2D eigenvalue weighted by atomic mass is 16.4. The Morgan fingerprint density at radius 2 is 1.42 bits per heavy atom. The first-order chi connectivity index (χ1) is 11.4. The lowest BCUT2D eigenvalue weighted by atomic mass is 9.91. The molecule has 2 N–H and O–H groups in total. The molecule has 2 atom stereocenters. The summed E-state index contributed by atoms with van der Waals surface area (Å²) in [5, 5.41) is 39.6. The number of aliphatic carboxylic acids is 2. The number of aliphatic hydroxyl groups excluding tert-OH is 1. The topological polar surface area (TPSA) is 138 Å². The summed E-state index contributed by atoms with van der Waals surface area (Å²) in [4.78, 5) is 32.0. The van der Waals surface area contributed by atoms with Crippen molar-refractivity contribution in [3.8, 4) is 0 Å². The van der Waals surface area contributed by atoms with Crippen LogP contribution in [0.25, 0.3) is 0 Å². The lowest BCUT2D eigenvalue weighted by molar-refractivity contribution is -0.875. The van der Waals surface area contributed by atoms with E-state index in [1.165, 1.54) is 0 Å². The highest BCUT2D eigenvalue weighted by Crippen LogP contribution is 2.17. The number of nitrogens with zero attached hydrogens (tertiary/aromatic N) is 2. The van der Waals surface area contributed by atoms with E-state index in [0.717, 1.165) is 0 Å². The summed E-state index contributed by atoms with van der Waals surface area (Å²) in [6, 6.07) is 0. The highest BCUT2D eigenvalue weighted by Gasteiger charge is 2.39. The minimum Gasteiger partial charge on any atom is -0.550 e. The van der Waals surface area contributed by atoms with Gasteiger partial charge in [0.2, 0.25) is 0 Å². The van der Waals surface area contributed by atoms with Crippen LogP contribution in [0.15, 0.2) is 0 Å². The van der Waals surface area contributed by atoms with E-state index in [-0.39, 0.29) is 19.4 Å². The normalized spacial score (nSPS) is 15.3. The molecule has 0 aromatic heterocycles. The number of rotatable bonds is 10. The van der Waals surface area contributed by atoms with Crippen LogP contribution in [-0.2, 0) is 14.4 Å². The molecule has 0 bridgehead atoms. The van der Waals surface area contributed by atoms with Crippen molar-refractivity contribution in [2.24, 2.45) is 0 Å². The Hall–Kier alpha value is -1.55. The molecule has 0 radical (unpaired) electrons. The maximum absolute atomic E-state index is 11.5. The second-order valence-corrected chi connectivity index (χ2v) is 8.51. The number of quaternary nitrogens is 2. The van der Waals surface area contributed by atoms with Gasteiger partial charge in [0.25, 0.3) is 0 Å². The molecule has 9 heteroatoms. The molecule has 0 saturated carbocycles. The Morgan fingerprint density at radius 1 is 0.962 bits per heavy atom. The van der Waals surface area contributed by atoms with Gasteiger partial charge in [-0.2, -0.15) is 0 Å². The molecule has 0 aromatic rings. The summed E-state index contributed by atoms with van der Waals surface area (Å²) in [7, 11) is 11.0. The minimum atomic E-state index is -1.81. The van der Waals surface area contributed by atoms with Gasteiger partial charge in [0, 0.05) is 31.2 Å². The Kier molecular flexibility index (Phi) is 10.8. The second-order valence-electron chi connectivity index (χ2n) is 8.51. The van der Waals surface area contributed by atoms with Crippen LogP contribution in [0.1, 0.15) is 26.2 Å². The molecule has 0 aliphatic carbocycles. The Balaban J connectivity index is 0. The largest absolute Gasteiger partial charge is 0.550 e. The number of likely N-dealkylation sites (N-methyl/N-ethyl adjacent to an activating group) is 2.